The highest BCUT2D eigenvalue weighted by Gasteiger charge is 1.79. The molecule has 0 aromatic carbocycles. The second-order valence-corrected chi connectivity index (χ2v) is 2.72. The van der Waals surface area contributed by atoms with E-state index in [4.69, 9.17) is 0 Å². The molecule has 0 aliphatic carbocycles. The van der Waals surface area contributed by atoms with Gasteiger partial charge < -0.3 is 5.32 Å². The average Bonchev–Trinajstić information content (AvgIpc) is 1.96. The minimum atomic E-state index is 0.589. The summed E-state index contributed by atoms with van der Waals surface area (Å²) < 4.78 is 0. The first-order valence-corrected chi connectivity index (χ1v) is 4.16. The van der Waals surface area contributed by atoms with Gasteiger partial charge in [0.25, 0.3) is 0 Å². The van der Waals surface area contributed by atoms with Gasteiger partial charge in [-0.2, -0.15) is 0 Å². The Morgan fingerprint density at radius 2 is 2.18 bits per heavy atom. The van der Waals surface area contributed by atoms with Crippen LogP contribution in [-0.4, -0.2) is 19.3 Å². The molecule has 0 saturated carbocycles. The van der Waals surface area contributed by atoms with Crippen LogP contribution in [0, 0.1) is 5.92 Å². The zero-order chi connectivity index (χ0) is 8.53. The maximum atomic E-state index is 4.08. The fourth-order valence-corrected chi connectivity index (χ4v) is 0.544. The van der Waals surface area contributed by atoms with Crippen molar-refractivity contribution >= 4 is 6.21 Å². The van der Waals surface area contributed by atoms with E-state index in [1.54, 1.807) is 0 Å². The fraction of sp³-hybridized carbons (Fsp3) is 0.667. The van der Waals surface area contributed by atoms with Crippen LogP contribution < -0.4 is 5.32 Å². The number of allylic oxidation sites excluding steroid dienone is 1. The molecule has 2 heteroatoms. The molecular formula is C9H18N2. The second kappa shape index (κ2) is 7.48. The van der Waals surface area contributed by atoms with E-state index in [2.05, 4.69) is 37.2 Å². The van der Waals surface area contributed by atoms with E-state index in [0.29, 0.717) is 5.92 Å². The van der Waals surface area contributed by atoms with E-state index in [1.807, 2.05) is 12.4 Å². The van der Waals surface area contributed by atoms with Crippen molar-refractivity contribution in [1.29, 1.82) is 0 Å². The summed E-state index contributed by atoms with van der Waals surface area (Å²) in [6.45, 7) is 8.21. The largest absolute Gasteiger partial charge is 0.312 e. The number of nitrogens with zero attached hydrogens (tertiary/aromatic N) is 1. The standard InChI is InChI=1S/C9H18N2/c1-4-10-7-8-11-6-5-9(2)3/h5-6,8-10H,4,7H2,1-3H3/b6-5-,11-8?. The van der Waals surface area contributed by atoms with Crippen molar-refractivity contribution in [2.24, 2.45) is 10.9 Å². The minimum Gasteiger partial charge on any atom is -0.312 e. The van der Waals surface area contributed by atoms with Crippen molar-refractivity contribution in [3.63, 3.8) is 0 Å². The number of hydrogen-bond acceptors (Lipinski definition) is 2. The Labute approximate surface area is 69.4 Å². The Kier molecular flexibility index (Phi) is 7.05. The van der Waals surface area contributed by atoms with Gasteiger partial charge in [0.15, 0.2) is 0 Å². The normalized spacial score (nSPS) is 12.4. The lowest BCUT2D eigenvalue weighted by Gasteiger charge is -1.91. The molecule has 0 aliphatic heterocycles. The van der Waals surface area contributed by atoms with Gasteiger partial charge in [-0.25, -0.2) is 0 Å². The minimum absolute atomic E-state index is 0.589. The summed E-state index contributed by atoms with van der Waals surface area (Å²) in [4.78, 5) is 4.08. The number of nitrogens with one attached hydrogen (secondary N) is 1. The highest BCUT2D eigenvalue weighted by Crippen LogP contribution is 1.92. The molecule has 0 heterocycles. The SMILES string of the molecule is CCNCC=N/C=C\C(C)C. The van der Waals surface area contributed by atoms with Gasteiger partial charge >= 0.3 is 0 Å². The Bertz CT molecular complexity index is 126. The lowest BCUT2D eigenvalue weighted by Crippen LogP contribution is -2.14. The first kappa shape index (κ1) is 10.4. The fourth-order valence-electron chi connectivity index (χ4n) is 0.544. The summed E-state index contributed by atoms with van der Waals surface area (Å²) in [5, 5.41) is 3.15. The van der Waals surface area contributed by atoms with Gasteiger partial charge in [-0.3, -0.25) is 4.99 Å². The van der Waals surface area contributed by atoms with Crippen molar-refractivity contribution in [3.05, 3.63) is 12.3 Å². The van der Waals surface area contributed by atoms with Crippen LogP contribution >= 0.6 is 0 Å². The van der Waals surface area contributed by atoms with Crippen LogP contribution in [0.25, 0.3) is 0 Å². The summed E-state index contributed by atoms with van der Waals surface area (Å²) in [7, 11) is 0. The molecule has 0 fully saturated rings. The smallest absolute Gasteiger partial charge is 0.0309 e. The average molecular weight is 154 g/mol. The van der Waals surface area contributed by atoms with Crippen molar-refractivity contribution < 1.29 is 0 Å². The van der Waals surface area contributed by atoms with Gasteiger partial charge in [0.1, 0.15) is 0 Å². The molecule has 1 N–H and O–H groups in total. The first-order valence-electron chi connectivity index (χ1n) is 4.16. The van der Waals surface area contributed by atoms with Gasteiger partial charge in [-0.05, 0) is 12.5 Å². The highest BCUT2D eigenvalue weighted by atomic mass is 14.9. The van der Waals surface area contributed by atoms with E-state index in [-0.39, 0.29) is 0 Å². The van der Waals surface area contributed by atoms with E-state index in [0.717, 1.165) is 13.1 Å². The van der Waals surface area contributed by atoms with E-state index in [1.165, 1.54) is 0 Å². The van der Waals surface area contributed by atoms with Gasteiger partial charge in [-0.1, -0.05) is 26.8 Å². The second-order valence-electron chi connectivity index (χ2n) is 2.72. The Morgan fingerprint density at radius 3 is 2.73 bits per heavy atom. The zero-order valence-corrected chi connectivity index (χ0v) is 7.67. The van der Waals surface area contributed by atoms with E-state index >= 15 is 0 Å². The maximum absolute atomic E-state index is 4.08. The van der Waals surface area contributed by atoms with Crippen LogP contribution in [0.2, 0.25) is 0 Å². The van der Waals surface area contributed by atoms with Crippen LogP contribution in [0.15, 0.2) is 17.3 Å². The molecular weight excluding hydrogens is 136 g/mol. The van der Waals surface area contributed by atoms with Gasteiger partial charge in [0.05, 0.1) is 0 Å². The summed E-state index contributed by atoms with van der Waals surface area (Å²) in [5.74, 6) is 0.589. The molecule has 0 spiro atoms. The van der Waals surface area contributed by atoms with Crippen molar-refractivity contribution in [2.75, 3.05) is 13.1 Å². The Balaban J connectivity index is 3.29. The summed E-state index contributed by atoms with van der Waals surface area (Å²) in [5.41, 5.74) is 0. The third-order valence-electron chi connectivity index (χ3n) is 1.15. The number of aliphatic imine (C=N–C) groups is 1. The molecule has 0 unspecified atom stereocenters. The topological polar surface area (TPSA) is 24.4 Å². The van der Waals surface area contributed by atoms with Crippen LogP contribution in [-0.2, 0) is 0 Å². The van der Waals surface area contributed by atoms with Crippen molar-refractivity contribution in [1.82, 2.24) is 5.32 Å². The molecule has 0 bridgehead atoms. The first-order chi connectivity index (χ1) is 5.27. The number of rotatable bonds is 5. The third-order valence-corrected chi connectivity index (χ3v) is 1.15. The predicted octanol–water partition coefficient (Wildman–Crippen LogP) is 1.84. The summed E-state index contributed by atoms with van der Waals surface area (Å²) >= 11 is 0. The molecule has 0 aliphatic rings. The van der Waals surface area contributed by atoms with E-state index < -0.39 is 0 Å². The van der Waals surface area contributed by atoms with Crippen molar-refractivity contribution in [2.45, 2.75) is 20.8 Å². The lowest BCUT2D eigenvalue weighted by atomic mass is 10.2. The Hall–Kier alpha value is -0.630. The molecule has 2 nitrogen and oxygen atoms in total. The van der Waals surface area contributed by atoms with Crippen LogP contribution in [0.3, 0.4) is 0 Å². The van der Waals surface area contributed by atoms with Crippen molar-refractivity contribution in [3.8, 4) is 0 Å². The van der Waals surface area contributed by atoms with Gasteiger partial charge in [0, 0.05) is 19.0 Å². The molecule has 0 radical (unpaired) electrons. The molecule has 0 aromatic heterocycles. The van der Waals surface area contributed by atoms with Gasteiger partial charge in [-0.15, -0.1) is 0 Å². The number of hydrogen-bond donors (Lipinski definition) is 1. The Morgan fingerprint density at radius 1 is 1.45 bits per heavy atom. The van der Waals surface area contributed by atoms with Gasteiger partial charge in [0.2, 0.25) is 0 Å². The molecule has 0 aromatic rings. The molecule has 0 atom stereocenters. The maximum Gasteiger partial charge on any atom is 0.0309 e. The molecule has 0 rings (SSSR count). The molecule has 0 amide bonds. The lowest BCUT2D eigenvalue weighted by molar-refractivity contribution is 0.821. The quantitative estimate of drug-likeness (QED) is 0.474. The zero-order valence-electron chi connectivity index (χ0n) is 7.67. The van der Waals surface area contributed by atoms with Crippen LogP contribution in [0.4, 0.5) is 0 Å². The monoisotopic (exact) mass is 154 g/mol. The van der Waals surface area contributed by atoms with E-state index in [9.17, 15) is 0 Å². The third kappa shape index (κ3) is 9.37. The predicted molar refractivity (Wildman–Crippen MR) is 51.0 cm³/mol. The summed E-state index contributed by atoms with van der Waals surface area (Å²) in [6, 6.07) is 0. The molecule has 0 saturated heterocycles. The molecule has 64 valence electrons. The van der Waals surface area contributed by atoms with Crippen LogP contribution in [0.1, 0.15) is 20.8 Å². The summed E-state index contributed by atoms with van der Waals surface area (Å²) in [6.07, 6.45) is 5.80. The molecule has 11 heavy (non-hydrogen) atoms. The van der Waals surface area contributed by atoms with Crippen LogP contribution in [0.5, 0.6) is 0 Å². The highest BCUT2D eigenvalue weighted by molar-refractivity contribution is 5.60.